The van der Waals surface area contributed by atoms with Gasteiger partial charge in [-0.15, -0.1) is 0 Å². The summed E-state index contributed by atoms with van der Waals surface area (Å²) in [6, 6.07) is 10.2. The molecule has 0 spiro atoms. The van der Waals surface area contributed by atoms with E-state index in [2.05, 4.69) is 32.5 Å². The van der Waals surface area contributed by atoms with Crippen LogP contribution in [-0.4, -0.2) is 36.2 Å². The molecule has 0 atom stereocenters. The van der Waals surface area contributed by atoms with Gasteiger partial charge < -0.3 is 10.2 Å². The van der Waals surface area contributed by atoms with Crippen molar-refractivity contribution in [2.45, 2.75) is 6.42 Å². The predicted molar refractivity (Wildman–Crippen MR) is 75.2 cm³/mol. The highest BCUT2D eigenvalue weighted by molar-refractivity contribution is 5.93. The molecule has 5 heteroatoms. The van der Waals surface area contributed by atoms with Gasteiger partial charge in [-0.05, 0) is 18.6 Å². The summed E-state index contributed by atoms with van der Waals surface area (Å²) in [7, 11) is 2.05. The fourth-order valence-electron chi connectivity index (χ4n) is 1.81. The number of benzene rings is 1. The van der Waals surface area contributed by atoms with Gasteiger partial charge in [0, 0.05) is 32.0 Å². The summed E-state index contributed by atoms with van der Waals surface area (Å²) in [6.07, 6.45) is 4.01. The molecule has 0 aliphatic rings. The van der Waals surface area contributed by atoms with Crippen molar-refractivity contribution in [2.24, 2.45) is 0 Å². The standard InChI is InChI=1S/C14H18N4O/c1-18(13-6-3-2-4-7-13)9-5-8-15-14(19)12-10-16-17-11-12/h2-4,6-7,10-11H,5,8-9H2,1H3,(H,15,19)(H,16,17). The second-order valence-corrected chi connectivity index (χ2v) is 4.35. The Labute approximate surface area is 112 Å². The summed E-state index contributed by atoms with van der Waals surface area (Å²) in [5.74, 6) is -0.0869. The molecule has 0 unspecified atom stereocenters. The van der Waals surface area contributed by atoms with Crippen molar-refractivity contribution in [1.29, 1.82) is 0 Å². The van der Waals surface area contributed by atoms with Crippen LogP contribution in [0.3, 0.4) is 0 Å². The molecular formula is C14H18N4O. The number of para-hydroxylation sites is 1. The number of rotatable bonds is 6. The van der Waals surface area contributed by atoms with E-state index >= 15 is 0 Å². The molecule has 2 rings (SSSR count). The number of aromatic nitrogens is 2. The van der Waals surface area contributed by atoms with Crippen molar-refractivity contribution in [3.8, 4) is 0 Å². The SMILES string of the molecule is CN(CCCNC(=O)c1cn[nH]c1)c1ccccc1. The van der Waals surface area contributed by atoms with Gasteiger partial charge in [-0.2, -0.15) is 5.10 Å². The Morgan fingerprint density at radius 2 is 2.16 bits per heavy atom. The summed E-state index contributed by atoms with van der Waals surface area (Å²) in [5, 5.41) is 9.23. The summed E-state index contributed by atoms with van der Waals surface area (Å²) in [4.78, 5) is 13.8. The van der Waals surface area contributed by atoms with Crippen LogP contribution < -0.4 is 10.2 Å². The van der Waals surface area contributed by atoms with Crippen molar-refractivity contribution in [1.82, 2.24) is 15.5 Å². The molecule has 0 saturated heterocycles. The number of nitrogens with one attached hydrogen (secondary N) is 2. The molecule has 1 heterocycles. The molecule has 1 aromatic heterocycles. The van der Waals surface area contributed by atoms with Gasteiger partial charge in [0.05, 0.1) is 11.8 Å². The van der Waals surface area contributed by atoms with Crippen molar-refractivity contribution in [3.63, 3.8) is 0 Å². The first kappa shape index (κ1) is 13.1. The van der Waals surface area contributed by atoms with Gasteiger partial charge in [0.2, 0.25) is 0 Å². The van der Waals surface area contributed by atoms with Gasteiger partial charge >= 0.3 is 0 Å². The largest absolute Gasteiger partial charge is 0.375 e. The van der Waals surface area contributed by atoms with Crippen molar-refractivity contribution in [2.75, 3.05) is 25.0 Å². The second-order valence-electron chi connectivity index (χ2n) is 4.35. The zero-order valence-corrected chi connectivity index (χ0v) is 11.0. The summed E-state index contributed by atoms with van der Waals surface area (Å²) < 4.78 is 0. The zero-order chi connectivity index (χ0) is 13.5. The highest BCUT2D eigenvalue weighted by Crippen LogP contribution is 2.10. The minimum atomic E-state index is -0.0869. The Morgan fingerprint density at radius 3 is 2.84 bits per heavy atom. The van der Waals surface area contributed by atoms with Crippen LogP contribution in [0.2, 0.25) is 0 Å². The van der Waals surface area contributed by atoms with E-state index in [-0.39, 0.29) is 5.91 Å². The number of H-pyrrole nitrogens is 1. The smallest absolute Gasteiger partial charge is 0.254 e. The first-order chi connectivity index (χ1) is 9.27. The average molecular weight is 258 g/mol. The number of carbonyl (C=O) groups is 1. The lowest BCUT2D eigenvalue weighted by Gasteiger charge is -2.19. The molecule has 19 heavy (non-hydrogen) atoms. The van der Waals surface area contributed by atoms with Crippen LogP contribution in [0.25, 0.3) is 0 Å². The van der Waals surface area contributed by atoms with Crippen molar-refractivity contribution < 1.29 is 4.79 Å². The van der Waals surface area contributed by atoms with Crippen LogP contribution in [0, 0.1) is 0 Å². The Bertz CT molecular complexity index is 495. The van der Waals surface area contributed by atoms with Gasteiger partial charge in [-0.3, -0.25) is 9.89 Å². The molecule has 1 aromatic carbocycles. The maximum Gasteiger partial charge on any atom is 0.254 e. The van der Waals surface area contributed by atoms with Crippen LogP contribution in [0.1, 0.15) is 16.8 Å². The summed E-state index contributed by atoms with van der Waals surface area (Å²) in [5.41, 5.74) is 1.75. The van der Waals surface area contributed by atoms with Crippen LogP contribution in [-0.2, 0) is 0 Å². The van der Waals surface area contributed by atoms with E-state index in [1.54, 1.807) is 6.20 Å². The minimum Gasteiger partial charge on any atom is -0.375 e. The number of carbonyl (C=O) groups excluding carboxylic acids is 1. The van der Waals surface area contributed by atoms with E-state index in [1.165, 1.54) is 11.9 Å². The third-order valence-corrected chi connectivity index (χ3v) is 2.91. The van der Waals surface area contributed by atoms with E-state index in [0.29, 0.717) is 12.1 Å². The van der Waals surface area contributed by atoms with E-state index < -0.39 is 0 Å². The quantitative estimate of drug-likeness (QED) is 0.775. The Kier molecular flexibility index (Phi) is 4.55. The van der Waals surface area contributed by atoms with E-state index in [4.69, 9.17) is 0 Å². The van der Waals surface area contributed by atoms with E-state index in [1.807, 2.05) is 25.2 Å². The monoisotopic (exact) mass is 258 g/mol. The van der Waals surface area contributed by atoms with Crippen molar-refractivity contribution >= 4 is 11.6 Å². The molecule has 1 amide bonds. The third-order valence-electron chi connectivity index (χ3n) is 2.91. The van der Waals surface area contributed by atoms with Gasteiger partial charge in [0.1, 0.15) is 0 Å². The number of hydrogen-bond acceptors (Lipinski definition) is 3. The van der Waals surface area contributed by atoms with Crippen LogP contribution in [0.15, 0.2) is 42.7 Å². The van der Waals surface area contributed by atoms with Crippen molar-refractivity contribution in [3.05, 3.63) is 48.3 Å². The Balaban J connectivity index is 1.68. The molecule has 100 valence electrons. The van der Waals surface area contributed by atoms with Gasteiger partial charge in [-0.1, -0.05) is 18.2 Å². The molecule has 0 saturated carbocycles. The van der Waals surface area contributed by atoms with Crippen LogP contribution in [0.4, 0.5) is 5.69 Å². The third kappa shape index (κ3) is 3.84. The molecule has 0 bridgehead atoms. The number of nitrogens with zero attached hydrogens (tertiary/aromatic N) is 2. The number of aromatic amines is 1. The highest BCUT2D eigenvalue weighted by atomic mass is 16.1. The first-order valence-electron chi connectivity index (χ1n) is 6.30. The predicted octanol–water partition coefficient (Wildman–Crippen LogP) is 1.67. The van der Waals surface area contributed by atoms with E-state index in [0.717, 1.165) is 13.0 Å². The molecule has 5 nitrogen and oxygen atoms in total. The lowest BCUT2D eigenvalue weighted by Crippen LogP contribution is -2.27. The first-order valence-corrected chi connectivity index (χ1v) is 6.30. The van der Waals surface area contributed by atoms with E-state index in [9.17, 15) is 4.79 Å². The molecule has 2 aromatic rings. The Hall–Kier alpha value is -2.30. The minimum absolute atomic E-state index is 0.0869. The number of hydrogen-bond donors (Lipinski definition) is 2. The molecule has 0 fully saturated rings. The zero-order valence-electron chi connectivity index (χ0n) is 11.0. The number of anilines is 1. The maximum atomic E-state index is 11.6. The van der Waals surface area contributed by atoms with Crippen LogP contribution in [0.5, 0.6) is 0 Å². The lowest BCUT2D eigenvalue weighted by atomic mass is 10.3. The van der Waals surface area contributed by atoms with Gasteiger partial charge in [-0.25, -0.2) is 0 Å². The Morgan fingerprint density at radius 1 is 1.37 bits per heavy atom. The van der Waals surface area contributed by atoms with Crippen LogP contribution >= 0.6 is 0 Å². The summed E-state index contributed by atoms with van der Waals surface area (Å²) in [6.45, 7) is 1.55. The van der Waals surface area contributed by atoms with Gasteiger partial charge in [0.15, 0.2) is 0 Å². The highest BCUT2D eigenvalue weighted by Gasteiger charge is 2.05. The molecule has 0 aliphatic heterocycles. The fourth-order valence-corrected chi connectivity index (χ4v) is 1.81. The fraction of sp³-hybridized carbons (Fsp3) is 0.286. The number of amides is 1. The summed E-state index contributed by atoms with van der Waals surface area (Å²) >= 11 is 0. The molecular weight excluding hydrogens is 240 g/mol. The molecule has 0 aliphatic carbocycles. The average Bonchev–Trinajstić information content (AvgIpc) is 2.98. The molecule has 2 N–H and O–H groups in total. The second kappa shape index (κ2) is 6.58. The van der Waals surface area contributed by atoms with Gasteiger partial charge in [0.25, 0.3) is 5.91 Å². The topological polar surface area (TPSA) is 61.0 Å². The lowest BCUT2D eigenvalue weighted by molar-refractivity contribution is 0.0953. The normalized spacial score (nSPS) is 10.2. The molecule has 0 radical (unpaired) electrons. The maximum absolute atomic E-state index is 11.6.